The predicted molar refractivity (Wildman–Crippen MR) is 76.2 cm³/mol. The molecule has 1 aliphatic carbocycles. The molecule has 1 saturated heterocycles. The number of hydrogen-bond acceptors (Lipinski definition) is 4. The van der Waals surface area contributed by atoms with Gasteiger partial charge < -0.3 is 14.8 Å². The van der Waals surface area contributed by atoms with E-state index in [-0.39, 0.29) is 5.82 Å². The van der Waals surface area contributed by atoms with Crippen molar-refractivity contribution in [2.75, 3.05) is 18.5 Å². The van der Waals surface area contributed by atoms with Crippen LogP contribution in [0.15, 0.2) is 18.2 Å². The van der Waals surface area contributed by atoms with Crippen LogP contribution in [0.25, 0.3) is 0 Å². The summed E-state index contributed by atoms with van der Waals surface area (Å²) >= 11 is 0. The highest BCUT2D eigenvalue weighted by atomic mass is 19.1. The lowest BCUT2D eigenvalue weighted by molar-refractivity contribution is -0.180. The number of nitrogens with one attached hydrogen (secondary N) is 1. The van der Waals surface area contributed by atoms with Crippen LogP contribution in [0, 0.1) is 24.1 Å². The Morgan fingerprint density at radius 1 is 1.14 bits per heavy atom. The minimum Gasteiger partial charge on any atom is -0.367 e. The molecule has 1 aromatic rings. The van der Waals surface area contributed by atoms with Gasteiger partial charge in [0.15, 0.2) is 5.79 Å². The lowest BCUT2D eigenvalue weighted by Gasteiger charge is -2.40. The molecule has 3 rings (SSSR count). The molecule has 2 fully saturated rings. The zero-order valence-corrected chi connectivity index (χ0v) is 12.1. The fourth-order valence-corrected chi connectivity index (χ4v) is 3.19. The molecule has 4 nitrogen and oxygen atoms in total. The van der Waals surface area contributed by atoms with Crippen molar-refractivity contribution in [2.45, 2.75) is 43.9 Å². The molecule has 1 spiro atoms. The van der Waals surface area contributed by atoms with Crippen molar-refractivity contribution >= 4 is 5.69 Å². The molecular formula is C16H19FN2O2. The van der Waals surface area contributed by atoms with Crippen molar-refractivity contribution in [1.82, 2.24) is 0 Å². The number of hydrogen-bond donors (Lipinski definition) is 1. The summed E-state index contributed by atoms with van der Waals surface area (Å²) in [6, 6.07) is 7.12. The van der Waals surface area contributed by atoms with E-state index < -0.39 is 11.3 Å². The quantitative estimate of drug-likeness (QED) is 0.909. The van der Waals surface area contributed by atoms with Crippen LogP contribution in [-0.2, 0) is 9.47 Å². The number of halogens is 1. The van der Waals surface area contributed by atoms with E-state index in [1.54, 1.807) is 0 Å². The number of nitriles is 1. The van der Waals surface area contributed by atoms with Crippen molar-refractivity contribution in [3.8, 4) is 6.07 Å². The van der Waals surface area contributed by atoms with Crippen molar-refractivity contribution in [1.29, 1.82) is 5.26 Å². The first-order chi connectivity index (χ1) is 10.0. The first-order valence-electron chi connectivity index (χ1n) is 7.29. The number of rotatable bonds is 2. The van der Waals surface area contributed by atoms with Crippen molar-refractivity contribution in [3.63, 3.8) is 0 Å². The molecule has 0 radical (unpaired) electrons. The Balaban J connectivity index is 1.75. The highest BCUT2D eigenvalue weighted by Crippen LogP contribution is 2.41. The number of anilines is 1. The molecule has 21 heavy (non-hydrogen) atoms. The summed E-state index contributed by atoms with van der Waals surface area (Å²) < 4.78 is 24.9. The average molecular weight is 290 g/mol. The summed E-state index contributed by atoms with van der Waals surface area (Å²) in [4.78, 5) is 0. The predicted octanol–water partition coefficient (Wildman–Crippen LogP) is 3.13. The van der Waals surface area contributed by atoms with Crippen molar-refractivity contribution in [3.05, 3.63) is 29.6 Å². The van der Waals surface area contributed by atoms with Gasteiger partial charge in [-0.1, -0.05) is 0 Å². The number of ether oxygens (including phenoxy) is 2. The van der Waals surface area contributed by atoms with Crippen LogP contribution in [0.5, 0.6) is 0 Å². The Bertz CT molecular complexity index is 546. The minimum absolute atomic E-state index is 0.291. The van der Waals surface area contributed by atoms with E-state index in [2.05, 4.69) is 11.4 Å². The normalized spacial score (nSPS) is 22.9. The molecule has 0 atom stereocenters. The van der Waals surface area contributed by atoms with Crippen LogP contribution in [0.2, 0.25) is 0 Å². The zero-order valence-electron chi connectivity index (χ0n) is 12.1. The third kappa shape index (κ3) is 2.87. The van der Waals surface area contributed by atoms with Gasteiger partial charge in [0.05, 0.1) is 19.3 Å². The summed E-state index contributed by atoms with van der Waals surface area (Å²) in [5, 5.41) is 12.8. The molecule has 0 unspecified atom stereocenters. The van der Waals surface area contributed by atoms with Crippen LogP contribution >= 0.6 is 0 Å². The van der Waals surface area contributed by atoms with E-state index in [9.17, 15) is 9.65 Å². The monoisotopic (exact) mass is 290 g/mol. The van der Waals surface area contributed by atoms with E-state index in [1.807, 2.05) is 13.0 Å². The molecule has 1 aromatic carbocycles. The standard InChI is InChI=1S/C16H19FN2O2/c1-12-8-13(17)10-14(9-12)19-15(11-18)2-4-16(5-3-15)20-6-7-21-16/h8-10,19H,2-7H2,1H3. The Morgan fingerprint density at radius 2 is 1.81 bits per heavy atom. The fraction of sp³-hybridized carbons (Fsp3) is 0.562. The third-order valence-electron chi connectivity index (χ3n) is 4.32. The van der Waals surface area contributed by atoms with Gasteiger partial charge in [-0.2, -0.15) is 5.26 Å². The largest absolute Gasteiger partial charge is 0.367 e. The fourth-order valence-electron chi connectivity index (χ4n) is 3.19. The second-order valence-electron chi connectivity index (χ2n) is 5.94. The lowest BCUT2D eigenvalue weighted by atomic mass is 9.79. The summed E-state index contributed by atoms with van der Waals surface area (Å²) in [6.45, 7) is 3.08. The van der Waals surface area contributed by atoms with Crippen LogP contribution in [0.3, 0.4) is 0 Å². The molecule has 2 aliphatic rings. The molecular weight excluding hydrogens is 271 g/mol. The summed E-state index contributed by atoms with van der Waals surface area (Å²) in [6.07, 6.45) is 2.61. The lowest BCUT2D eigenvalue weighted by Crippen LogP contribution is -2.47. The van der Waals surface area contributed by atoms with Crippen LogP contribution in [0.4, 0.5) is 10.1 Å². The van der Waals surface area contributed by atoms with E-state index in [4.69, 9.17) is 9.47 Å². The summed E-state index contributed by atoms with van der Waals surface area (Å²) in [5.41, 5.74) is 0.805. The zero-order chi connectivity index (χ0) is 14.9. The number of aryl methyl sites for hydroxylation is 1. The SMILES string of the molecule is Cc1cc(F)cc(NC2(C#N)CCC3(CC2)OCCO3)c1. The van der Waals surface area contributed by atoms with Crippen molar-refractivity contribution < 1.29 is 13.9 Å². The maximum atomic E-state index is 13.5. The molecule has 5 heteroatoms. The van der Waals surface area contributed by atoms with Crippen LogP contribution < -0.4 is 5.32 Å². The van der Waals surface area contributed by atoms with Gasteiger partial charge in [-0.05, 0) is 43.5 Å². The summed E-state index contributed by atoms with van der Waals surface area (Å²) in [7, 11) is 0. The van der Waals surface area contributed by atoms with Gasteiger partial charge in [0.25, 0.3) is 0 Å². The molecule has 1 saturated carbocycles. The Labute approximate surface area is 123 Å². The average Bonchev–Trinajstić information content (AvgIpc) is 2.90. The van der Waals surface area contributed by atoms with Gasteiger partial charge in [-0.3, -0.25) is 0 Å². The minimum atomic E-state index is -0.680. The Morgan fingerprint density at radius 3 is 2.38 bits per heavy atom. The summed E-state index contributed by atoms with van der Waals surface area (Å²) in [5.74, 6) is -0.791. The van der Waals surface area contributed by atoms with Gasteiger partial charge >= 0.3 is 0 Å². The third-order valence-corrected chi connectivity index (χ3v) is 4.32. The van der Waals surface area contributed by atoms with Gasteiger partial charge in [0.2, 0.25) is 0 Å². The number of nitrogens with zero attached hydrogens (tertiary/aromatic N) is 1. The van der Waals surface area contributed by atoms with Gasteiger partial charge in [0, 0.05) is 18.5 Å². The molecule has 0 amide bonds. The second-order valence-corrected chi connectivity index (χ2v) is 5.94. The van der Waals surface area contributed by atoms with E-state index >= 15 is 0 Å². The molecule has 1 N–H and O–H groups in total. The van der Waals surface area contributed by atoms with E-state index in [0.29, 0.717) is 44.6 Å². The van der Waals surface area contributed by atoms with Gasteiger partial charge in [-0.25, -0.2) is 4.39 Å². The molecule has 1 heterocycles. The van der Waals surface area contributed by atoms with Crippen LogP contribution in [0.1, 0.15) is 31.2 Å². The number of benzene rings is 1. The maximum absolute atomic E-state index is 13.5. The molecule has 1 aliphatic heterocycles. The maximum Gasteiger partial charge on any atom is 0.168 e. The Hall–Kier alpha value is -1.64. The molecule has 112 valence electrons. The smallest absolute Gasteiger partial charge is 0.168 e. The highest BCUT2D eigenvalue weighted by Gasteiger charge is 2.46. The molecule has 0 aromatic heterocycles. The Kier molecular flexibility index (Phi) is 3.60. The van der Waals surface area contributed by atoms with Gasteiger partial charge in [0.1, 0.15) is 11.4 Å². The first kappa shape index (κ1) is 14.3. The molecule has 0 bridgehead atoms. The first-order valence-corrected chi connectivity index (χ1v) is 7.29. The van der Waals surface area contributed by atoms with Crippen molar-refractivity contribution in [2.24, 2.45) is 0 Å². The second kappa shape index (κ2) is 5.28. The highest BCUT2D eigenvalue weighted by molar-refractivity contribution is 5.50. The topological polar surface area (TPSA) is 54.3 Å². The van der Waals surface area contributed by atoms with E-state index in [0.717, 1.165) is 5.56 Å². The van der Waals surface area contributed by atoms with E-state index in [1.165, 1.54) is 12.1 Å². The van der Waals surface area contributed by atoms with Crippen LogP contribution in [-0.4, -0.2) is 24.5 Å². The van der Waals surface area contributed by atoms with Gasteiger partial charge in [-0.15, -0.1) is 0 Å².